The molecule has 0 aromatic heterocycles. The summed E-state index contributed by atoms with van der Waals surface area (Å²) < 4.78 is 16.9. The van der Waals surface area contributed by atoms with Crippen molar-refractivity contribution >= 4 is 52.6 Å². The summed E-state index contributed by atoms with van der Waals surface area (Å²) >= 11 is 23.6. The normalized spacial score (nSPS) is 10.7. The molecule has 168 valence electrons. The highest BCUT2D eigenvalue weighted by Crippen LogP contribution is 2.37. The number of hydrogen-bond acceptors (Lipinski definition) is 5. The van der Waals surface area contributed by atoms with Crippen LogP contribution in [0, 0.1) is 0 Å². The summed E-state index contributed by atoms with van der Waals surface area (Å²) in [6.07, 6.45) is 5.24. The summed E-state index contributed by atoms with van der Waals surface area (Å²) in [6.45, 7) is 3.50. The second-order valence-electron chi connectivity index (χ2n) is 6.21. The van der Waals surface area contributed by atoms with E-state index in [2.05, 4.69) is 12.1 Å². The summed E-state index contributed by atoms with van der Waals surface area (Å²) in [7, 11) is 0. The van der Waals surface area contributed by atoms with Crippen LogP contribution in [0.3, 0.4) is 0 Å². The van der Waals surface area contributed by atoms with Crippen LogP contribution in [0.4, 0.5) is 0 Å². The quantitative estimate of drug-likeness (QED) is 0.162. The van der Waals surface area contributed by atoms with Crippen LogP contribution >= 0.6 is 46.4 Å². The fourth-order valence-electron chi connectivity index (χ4n) is 2.27. The average molecular weight is 507 g/mol. The topological polar surface area (TPSA) is 49.3 Å². The van der Waals surface area contributed by atoms with Crippen LogP contribution in [0.1, 0.15) is 25.3 Å². The Labute approximate surface area is 202 Å². The molecule has 5 nitrogen and oxygen atoms in total. The highest BCUT2D eigenvalue weighted by molar-refractivity contribution is 6.55. The predicted molar refractivity (Wildman–Crippen MR) is 128 cm³/mol. The molecule has 0 heterocycles. The van der Waals surface area contributed by atoms with Gasteiger partial charge in [-0.05, 0) is 42.3 Å². The van der Waals surface area contributed by atoms with Crippen LogP contribution < -0.4 is 14.2 Å². The fourth-order valence-corrected chi connectivity index (χ4v) is 2.97. The van der Waals surface area contributed by atoms with E-state index in [1.54, 1.807) is 18.3 Å². The first-order chi connectivity index (χ1) is 15.0. The highest BCUT2D eigenvalue weighted by atomic mass is 35.5. The first kappa shape index (κ1) is 25.5. The lowest BCUT2D eigenvalue weighted by atomic mass is 10.2. The van der Waals surface area contributed by atoms with Crippen LogP contribution in [0.2, 0.25) is 10.0 Å². The predicted octanol–water partition coefficient (Wildman–Crippen LogP) is 7.30. The van der Waals surface area contributed by atoms with E-state index in [9.17, 15) is 0 Å². The molecule has 0 amide bonds. The number of hydrogen-bond donors (Lipinski definition) is 0. The number of nitrogens with zero attached hydrogens (tertiary/aromatic N) is 1. The van der Waals surface area contributed by atoms with Gasteiger partial charge in [0.1, 0.15) is 42.4 Å². The Hall–Kier alpha value is -1.79. The molecule has 0 bridgehead atoms. The smallest absolute Gasteiger partial charge is 0.156 e. The van der Waals surface area contributed by atoms with E-state index in [4.69, 9.17) is 65.5 Å². The summed E-state index contributed by atoms with van der Waals surface area (Å²) in [4.78, 5) is 5.16. The number of oxime groups is 1. The lowest BCUT2D eigenvalue weighted by Gasteiger charge is -2.13. The van der Waals surface area contributed by atoms with Crippen molar-refractivity contribution in [3.8, 4) is 17.2 Å². The molecule has 31 heavy (non-hydrogen) atoms. The maximum absolute atomic E-state index is 6.24. The largest absolute Gasteiger partial charge is 0.490 e. The summed E-state index contributed by atoms with van der Waals surface area (Å²) in [5.41, 5.74) is 0.921. The first-order valence-electron chi connectivity index (χ1n) is 9.63. The monoisotopic (exact) mass is 505 g/mol. The molecule has 0 spiro atoms. The second-order valence-corrected chi connectivity index (χ2v) is 8.03. The van der Waals surface area contributed by atoms with E-state index in [0.29, 0.717) is 40.5 Å². The van der Waals surface area contributed by atoms with Crippen molar-refractivity contribution in [1.82, 2.24) is 0 Å². The summed E-state index contributed by atoms with van der Waals surface area (Å²) in [6, 6.07) is 10.7. The molecular formula is C22H23Cl4NO4. The third-order valence-corrected chi connectivity index (χ3v) is 4.67. The van der Waals surface area contributed by atoms with E-state index >= 15 is 0 Å². The molecular weight excluding hydrogens is 484 g/mol. The summed E-state index contributed by atoms with van der Waals surface area (Å²) in [5, 5.41) is 4.58. The average Bonchev–Trinajstić information content (AvgIpc) is 2.73. The molecule has 0 aliphatic carbocycles. The van der Waals surface area contributed by atoms with Gasteiger partial charge >= 0.3 is 0 Å². The summed E-state index contributed by atoms with van der Waals surface area (Å²) in [5.74, 6) is 1.54. The third kappa shape index (κ3) is 9.92. The van der Waals surface area contributed by atoms with Crippen LogP contribution in [-0.4, -0.2) is 32.6 Å². The zero-order chi connectivity index (χ0) is 22.5. The van der Waals surface area contributed by atoms with Gasteiger partial charge < -0.3 is 19.0 Å². The van der Waals surface area contributed by atoms with Crippen LogP contribution in [0.15, 0.2) is 52.1 Å². The zero-order valence-electron chi connectivity index (χ0n) is 17.0. The van der Waals surface area contributed by atoms with Crippen molar-refractivity contribution in [2.75, 3.05) is 26.4 Å². The van der Waals surface area contributed by atoms with Crippen LogP contribution in [0.5, 0.6) is 17.2 Å². The third-order valence-electron chi connectivity index (χ3n) is 3.80. The van der Waals surface area contributed by atoms with Gasteiger partial charge in [-0.1, -0.05) is 64.9 Å². The van der Waals surface area contributed by atoms with Crippen LogP contribution in [0.25, 0.3) is 0 Å². The molecule has 0 saturated carbocycles. The van der Waals surface area contributed by atoms with Gasteiger partial charge in [0.15, 0.2) is 5.75 Å². The van der Waals surface area contributed by atoms with Crippen molar-refractivity contribution in [3.63, 3.8) is 0 Å². The van der Waals surface area contributed by atoms with Gasteiger partial charge in [0, 0.05) is 12.1 Å². The minimum atomic E-state index is 0.122. The standard InChI is InChI=1S/C22H23Cl4NO4/c1-2-3-9-31-27-15-16-4-6-17(7-5-16)29-11-12-30-22-19(23)13-18(14-20(22)24)28-10-8-21(25)26/h4-8,13-15H,2-3,9-12H2,1H3. The van der Waals surface area contributed by atoms with Crippen molar-refractivity contribution < 1.29 is 19.0 Å². The van der Waals surface area contributed by atoms with Gasteiger partial charge in [-0.15, -0.1) is 0 Å². The molecule has 2 aromatic rings. The van der Waals surface area contributed by atoms with Gasteiger partial charge in [0.05, 0.1) is 16.3 Å². The van der Waals surface area contributed by atoms with Gasteiger partial charge in [0.25, 0.3) is 0 Å². The molecule has 0 unspecified atom stereocenters. The number of benzene rings is 2. The molecule has 0 fully saturated rings. The van der Waals surface area contributed by atoms with Crippen molar-refractivity contribution in [2.24, 2.45) is 5.16 Å². The SMILES string of the molecule is CCCCON=Cc1ccc(OCCOc2c(Cl)cc(OCC=C(Cl)Cl)cc2Cl)cc1. The Bertz CT molecular complexity index is 845. The number of rotatable bonds is 13. The molecule has 0 aliphatic rings. The van der Waals surface area contributed by atoms with Gasteiger partial charge in [-0.25, -0.2) is 0 Å². The number of ether oxygens (including phenoxy) is 3. The minimum absolute atomic E-state index is 0.122. The molecule has 0 atom stereocenters. The lowest BCUT2D eigenvalue weighted by molar-refractivity contribution is 0.143. The van der Waals surface area contributed by atoms with E-state index < -0.39 is 0 Å². The Morgan fingerprint density at radius 3 is 2.23 bits per heavy atom. The molecule has 2 rings (SSSR count). The Morgan fingerprint density at radius 1 is 0.903 bits per heavy atom. The fraction of sp³-hybridized carbons (Fsp3) is 0.318. The first-order valence-corrected chi connectivity index (χ1v) is 11.1. The zero-order valence-corrected chi connectivity index (χ0v) is 20.0. The number of halogens is 4. The van der Waals surface area contributed by atoms with E-state index in [1.165, 1.54) is 6.08 Å². The van der Waals surface area contributed by atoms with Gasteiger partial charge in [-0.2, -0.15) is 0 Å². The second kappa shape index (κ2) is 14.3. The van der Waals surface area contributed by atoms with E-state index in [-0.39, 0.29) is 17.7 Å². The highest BCUT2D eigenvalue weighted by Gasteiger charge is 2.11. The number of unbranched alkanes of at least 4 members (excludes halogenated alkanes) is 1. The Balaban J connectivity index is 1.77. The van der Waals surface area contributed by atoms with Crippen molar-refractivity contribution in [3.05, 3.63) is 62.6 Å². The molecule has 2 aromatic carbocycles. The van der Waals surface area contributed by atoms with Gasteiger partial charge in [-0.3, -0.25) is 0 Å². The maximum Gasteiger partial charge on any atom is 0.156 e. The molecule has 0 N–H and O–H groups in total. The van der Waals surface area contributed by atoms with Crippen molar-refractivity contribution in [1.29, 1.82) is 0 Å². The van der Waals surface area contributed by atoms with E-state index in [0.717, 1.165) is 18.4 Å². The maximum atomic E-state index is 6.24. The van der Waals surface area contributed by atoms with Gasteiger partial charge in [0.2, 0.25) is 0 Å². The molecule has 0 aliphatic heterocycles. The Morgan fingerprint density at radius 2 is 1.58 bits per heavy atom. The molecule has 0 radical (unpaired) electrons. The minimum Gasteiger partial charge on any atom is -0.490 e. The van der Waals surface area contributed by atoms with Crippen LogP contribution in [-0.2, 0) is 4.84 Å². The lowest BCUT2D eigenvalue weighted by Crippen LogP contribution is -2.09. The Kier molecular flexibility index (Phi) is 11.8. The molecule has 0 saturated heterocycles. The van der Waals surface area contributed by atoms with E-state index in [1.807, 2.05) is 24.3 Å². The molecule has 9 heteroatoms. The van der Waals surface area contributed by atoms with Crippen molar-refractivity contribution in [2.45, 2.75) is 19.8 Å².